The predicted octanol–water partition coefficient (Wildman–Crippen LogP) is 3.51. The van der Waals surface area contributed by atoms with Gasteiger partial charge in [-0.25, -0.2) is 4.39 Å². The highest BCUT2D eigenvalue weighted by Crippen LogP contribution is 2.33. The van der Waals surface area contributed by atoms with Gasteiger partial charge >= 0.3 is 6.18 Å². The average Bonchev–Trinajstić information content (AvgIpc) is 2.37. The minimum Gasteiger partial charge on any atom is -0.398 e. The molecule has 106 valence electrons. The summed E-state index contributed by atoms with van der Waals surface area (Å²) in [5, 5.41) is 10.1. The molecule has 0 aliphatic rings. The van der Waals surface area contributed by atoms with E-state index in [4.69, 9.17) is 5.73 Å². The Hall–Kier alpha value is -2.08. The van der Waals surface area contributed by atoms with Crippen LogP contribution < -0.4 is 5.73 Å². The van der Waals surface area contributed by atoms with Crippen molar-refractivity contribution in [3.05, 3.63) is 65.0 Å². The molecule has 3 N–H and O–H groups in total. The lowest BCUT2D eigenvalue weighted by atomic mass is 9.98. The van der Waals surface area contributed by atoms with E-state index in [0.29, 0.717) is 0 Å². The van der Waals surface area contributed by atoms with Gasteiger partial charge in [0.2, 0.25) is 0 Å². The number of benzene rings is 2. The molecule has 0 fully saturated rings. The Morgan fingerprint density at radius 2 is 1.75 bits per heavy atom. The second-order valence-electron chi connectivity index (χ2n) is 4.30. The molecule has 0 aliphatic carbocycles. The van der Waals surface area contributed by atoms with Crippen molar-refractivity contribution in [1.29, 1.82) is 0 Å². The van der Waals surface area contributed by atoms with Gasteiger partial charge in [0.05, 0.1) is 5.56 Å². The van der Waals surface area contributed by atoms with Crippen LogP contribution in [-0.4, -0.2) is 5.11 Å². The first-order valence-corrected chi connectivity index (χ1v) is 5.69. The van der Waals surface area contributed by atoms with E-state index in [-0.39, 0.29) is 16.8 Å². The first-order chi connectivity index (χ1) is 9.29. The summed E-state index contributed by atoms with van der Waals surface area (Å²) in [6, 6.07) is 7.63. The maximum Gasteiger partial charge on any atom is 0.416 e. The van der Waals surface area contributed by atoms with Crippen molar-refractivity contribution < 1.29 is 22.7 Å². The van der Waals surface area contributed by atoms with E-state index in [0.717, 1.165) is 24.3 Å². The van der Waals surface area contributed by atoms with Crippen LogP contribution in [0, 0.1) is 5.82 Å². The van der Waals surface area contributed by atoms with Crippen molar-refractivity contribution in [2.75, 3.05) is 5.73 Å². The van der Waals surface area contributed by atoms with Gasteiger partial charge in [0.15, 0.2) is 0 Å². The Morgan fingerprint density at radius 1 is 1.05 bits per heavy atom. The quantitative estimate of drug-likeness (QED) is 0.655. The van der Waals surface area contributed by atoms with Crippen LogP contribution in [0.5, 0.6) is 0 Å². The van der Waals surface area contributed by atoms with E-state index in [2.05, 4.69) is 0 Å². The summed E-state index contributed by atoms with van der Waals surface area (Å²) in [6.07, 6.45) is -5.85. The van der Waals surface area contributed by atoms with Crippen LogP contribution in [0.2, 0.25) is 0 Å². The molecule has 0 bridgehead atoms. The minimum absolute atomic E-state index is 0.0186. The molecule has 6 heteroatoms. The Bertz CT molecular complexity index is 625. The Kier molecular flexibility index (Phi) is 3.67. The minimum atomic E-state index is -4.50. The molecule has 0 amide bonds. The second kappa shape index (κ2) is 5.13. The van der Waals surface area contributed by atoms with Crippen molar-refractivity contribution in [3.63, 3.8) is 0 Å². The molecule has 0 saturated carbocycles. The van der Waals surface area contributed by atoms with E-state index in [1.54, 1.807) is 0 Å². The van der Waals surface area contributed by atoms with E-state index in [1.165, 1.54) is 18.2 Å². The van der Waals surface area contributed by atoms with Gasteiger partial charge in [-0.05, 0) is 29.8 Å². The van der Waals surface area contributed by atoms with Crippen LogP contribution in [-0.2, 0) is 6.18 Å². The van der Waals surface area contributed by atoms with E-state index in [1.807, 2.05) is 0 Å². The monoisotopic (exact) mass is 285 g/mol. The molecule has 2 rings (SSSR count). The zero-order chi connectivity index (χ0) is 14.9. The Balaban J connectivity index is 2.41. The first-order valence-electron chi connectivity index (χ1n) is 5.69. The Labute approximate surface area is 112 Å². The van der Waals surface area contributed by atoms with Crippen LogP contribution in [0.15, 0.2) is 42.5 Å². The van der Waals surface area contributed by atoms with Crippen LogP contribution in [0.1, 0.15) is 22.8 Å². The third kappa shape index (κ3) is 2.91. The fourth-order valence-electron chi connectivity index (χ4n) is 1.86. The van der Waals surface area contributed by atoms with Gasteiger partial charge in [-0.2, -0.15) is 13.2 Å². The van der Waals surface area contributed by atoms with Gasteiger partial charge in [0, 0.05) is 11.3 Å². The van der Waals surface area contributed by atoms with E-state index < -0.39 is 23.7 Å². The molecule has 0 saturated heterocycles. The van der Waals surface area contributed by atoms with Crippen LogP contribution in [0.25, 0.3) is 0 Å². The van der Waals surface area contributed by atoms with Crippen LogP contribution in [0.3, 0.4) is 0 Å². The topological polar surface area (TPSA) is 46.2 Å². The summed E-state index contributed by atoms with van der Waals surface area (Å²) in [4.78, 5) is 0. The largest absolute Gasteiger partial charge is 0.416 e. The number of nitrogen functional groups attached to an aromatic ring is 1. The molecule has 0 heterocycles. The highest BCUT2D eigenvalue weighted by Gasteiger charge is 2.31. The van der Waals surface area contributed by atoms with Crippen LogP contribution >= 0.6 is 0 Å². The van der Waals surface area contributed by atoms with Gasteiger partial charge in [0.1, 0.15) is 11.9 Å². The summed E-state index contributed by atoms with van der Waals surface area (Å²) in [5.41, 5.74) is 4.87. The smallest absolute Gasteiger partial charge is 0.398 e. The number of nitrogens with two attached hydrogens (primary N) is 1. The molecule has 0 aliphatic heterocycles. The number of aliphatic hydroxyl groups excluding tert-OH is 1. The molecule has 1 atom stereocenters. The summed E-state index contributed by atoms with van der Waals surface area (Å²) in [7, 11) is 0. The fourth-order valence-corrected chi connectivity index (χ4v) is 1.86. The van der Waals surface area contributed by atoms with Crippen molar-refractivity contribution in [1.82, 2.24) is 0 Å². The summed E-state index contributed by atoms with van der Waals surface area (Å²) < 4.78 is 50.8. The molecule has 2 aromatic carbocycles. The van der Waals surface area contributed by atoms with Gasteiger partial charge in [-0.3, -0.25) is 0 Å². The molecular formula is C14H11F4NO. The predicted molar refractivity (Wildman–Crippen MR) is 66.3 cm³/mol. The number of hydrogen-bond donors (Lipinski definition) is 2. The zero-order valence-electron chi connectivity index (χ0n) is 10.2. The third-order valence-corrected chi connectivity index (χ3v) is 2.87. The average molecular weight is 285 g/mol. The number of alkyl halides is 3. The van der Waals surface area contributed by atoms with E-state index >= 15 is 0 Å². The molecule has 0 radical (unpaired) electrons. The lowest BCUT2D eigenvalue weighted by Crippen LogP contribution is -2.08. The molecule has 20 heavy (non-hydrogen) atoms. The van der Waals surface area contributed by atoms with Crippen molar-refractivity contribution in [2.24, 2.45) is 0 Å². The molecule has 1 unspecified atom stereocenters. The van der Waals surface area contributed by atoms with Gasteiger partial charge in [-0.1, -0.05) is 18.2 Å². The third-order valence-electron chi connectivity index (χ3n) is 2.87. The maximum absolute atomic E-state index is 12.9. The highest BCUT2D eigenvalue weighted by molar-refractivity contribution is 5.51. The first kappa shape index (κ1) is 14.3. The molecule has 0 spiro atoms. The number of rotatable bonds is 2. The molecule has 2 nitrogen and oxygen atoms in total. The van der Waals surface area contributed by atoms with Crippen LogP contribution in [0.4, 0.5) is 23.2 Å². The summed E-state index contributed by atoms with van der Waals surface area (Å²) in [6.45, 7) is 0. The fraction of sp³-hybridized carbons (Fsp3) is 0.143. The molecule has 2 aromatic rings. The van der Waals surface area contributed by atoms with Crippen molar-refractivity contribution in [3.8, 4) is 0 Å². The second-order valence-corrected chi connectivity index (χ2v) is 4.30. The number of anilines is 1. The van der Waals surface area contributed by atoms with E-state index in [9.17, 15) is 22.7 Å². The molecular weight excluding hydrogens is 274 g/mol. The lowest BCUT2D eigenvalue weighted by Gasteiger charge is -2.15. The number of aliphatic hydroxyl groups is 1. The summed E-state index contributed by atoms with van der Waals surface area (Å²) >= 11 is 0. The Morgan fingerprint density at radius 3 is 2.35 bits per heavy atom. The molecule has 0 aromatic heterocycles. The number of hydrogen-bond acceptors (Lipinski definition) is 2. The zero-order valence-corrected chi connectivity index (χ0v) is 10.2. The number of halogens is 4. The van der Waals surface area contributed by atoms with Gasteiger partial charge < -0.3 is 10.8 Å². The van der Waals surface area contributed by atoms with Crippen molar-refractivity contribution in [2.45, 2.75) is 12.3 Å². The van der Waals surface area contributed by atoms with Gasteiger partial charge in [0.25, 0.3) is 0 Å². The standard InChI is InChI=1S/C14H11F4NO/c15-10-4-5-11(12(19)7-10)13(20)8-2-1-3-9(6-8)14(16,17)18/h1-7,13,20H,19H2. The van der Waals surface area contributed by atoms with Crippen molar-refractivity contribution >= 4 is 5.69 Å². The van der Waals surface area contributed by atoms with Gasteiger partial charge in [-0.15, -0.1) is 0 Å². The normalized spacial score (nSPS) is 13.2. The highest BCUT2D eigenvalue weighted by atomic mass is 19.4. The summed E-state index contributed by atoms with van der Waals surface area (Å²) in [5.74, 6) is -0.581. The lowest BCUT2D eigenvalue weighted by molar-refractivity contribution is -0.137. The SMILES string of the molecule is Nc1cc(F)ccc1C(O)c1cccc(C(F)(F)F)c1. The maximum atomic E-state index is 12.9.